The molecule has 2 aliphatic carbocycles. The molecule has 0 aromatic heterocycles. The van der Waals surface area contributed by atoms with Crippen LogP contribution in [0.25, 0.3) is 0 Å². The van der Waals surface area contributed by atoms with Crippen molar-refractivity contribution < 1.29 is 23.2 Å². The van der Waals surface area contributed by atoms with E-state index >= 15 is 0 Å². The van der Waals surface area contributed by atoms with E-state index in [9.17, 15) is 0 Å². The summed E-state index contributed by atoms with van der Waals surface area (Å²) in [4.78, 5) is 0. The predicted molar refractivity (Wildman–Crippen MR) is 62.5 cm³/mol. The quantitative estimate of drug-likeness (QED) is 0.699. The second-order valence-corrected chi connectivity index (χ2v) is 10.7. The SMILES string of the molecule is CC1=CC=C[C]1(C)[Zr][C]1(C)C=CC=C1C. The van der Waals surface area contributed by atoms with Gasteiger partial charge in [-0.25, -0.2) is 0 Å². The van der Waals surface area contributed by atoms with Crippen molar-refractivity contribution in [1.29, 1.82) is 0 Å². The molecule has 15 heavy (non-hydrogen) atoms. The van der Waals surface area contributed by atoms with Gasteiger partial charge in [-0.05, 0) is 0 Å². The molecule has 1 heteroatoms. The summed E-state index contributed by atoms with van der Waals surface area (Å²) in [6, 6.07) is 0. The van der Waals surface area contributed by atoms with Crippen LogP contribution in [0.4, 0.5) is 0 Å². The van der Waals surface area contributed by atoms with Gasteiger partial charge in [0.25, 0.3) is 0 Å². The Morgan fingerprint density at radius 2 is 1.27 bits per heavy atom. The first-order chi connectivity index (χ1) is 6.96. The van der Waals surface area contributed by atoms with Crippen molar-refractivity contribution in [3.05, 3.63) is 47.6 Å². The van der Waals surface area contributed by atoms with Gasteiger partial charge in [0.2, 0.25) is 0 Å². The molecule has 0 aromatic rings. The van der Waals surface area contributed by atoms with Crippen molar-refractivity contribution in [3.63, 3.8) is 0 Å². The van der Waals surface area contributed by atoms with Crippen molar-refractivity contribution in [1.82, 2.24) is 0 Å². The molecule has 0 fully saturated rings. The molecule has 2 atom stereocenters. The van der Waals surface area contributed by atoms with Crippen molar-refractivity contribution in [2.75, 3.05) is 0 Å². The first-order valence-electron chi connectivity index (χ1n) is 5.49. The standard InChI is InChI=1S/2C7H9.Zr/c2*1-6-4-3-5-7(6)2;/h2*3-5H,1-2H3;. The van der Waals surface area contributed by atoms with Gasteiger partial charge < -0.3 is 0 Å². The molecule has 0 aliphatic heterocycles. The molecule has 2 rings (SSSR count). The predicted octanol–water partition coefficient (Wildman–Crippen LogP) is 4.46. The van der Waals surface area contributed by atoms with Crippen LogP contribution in [0.2, 0.25) is 6.25 Å². The summed E-state index contributed by atoms with van der Waals surface area (Å²) in [5, 5.41) is 0. The van der Waals surface area contributed by atoms with Gasteiger partial charge in [-0.3, -0.25) is 0 Å². The molecule has 0 saturated carbocycles. The summed E-state index contributed by atoms with van der Waals surface area (Å²) in [5.74, 6) is 0. The van der Waals surface area contributed by atoms with E-state index in [2.05, 4.69) is 64.2 Å². The molecule has 0 nitrogen and oxygen atoms in total. The van der Waals surface area contributed by atoms with Crippen LogP contribution in [0.5, 0.6) is 0 Å². The van der Waals surface area contributed by atoms with Crippen LogP contribution in [0.3, 0.4) is 0 Å². The Hall–Kier alpha value is -0.157. The molecule has 2 aliphatic rings. The van der Waals surface area contributed by atoms with E-state index in [-0.39, 0.29) is 0 Å². The molecular weight excluding hydrogens is 259 g/mol. The van der Waals surface area contributed by atoms with Gasteiger partial charge in [0.1, 0.15) is 0 Å². The van der Waals surface area contributed by atoms with E-state index in [1.54, 1.807) is 11.1 Å². The fourth-order valence-corrected chi connectivity index (χ4v) is 7.11. The van der Waals surface area contributed by atoms with Crippen LogP contribution in [-0.2, 0) is 23.2 Å². The van der Waals surface area contributed by atoms with Gasteiger partial charge in [0.15, 0.2) is 0 Å². The minimum atomic E-state index is -0.550. The average Bonchev–Trinajstić information content (AvgIpc) is 2.61. The number of rotatable bonds is 2. The van der Waals surface area contributed by atoms with E-state index < -0.39 is 23.2 Å². The fraction of sp³-hybridized carbons (Fsp3) is 0.429. The summed E-state index contributed by atoms with van der Waals surface area (Å²) in [7, 11) is 0. The zero-order valence-electron chi connectivity index (χ0n) is 9.96. The third-order valence-electron chi connectivity index (χ3n) is 3.71. The molecule has 0 spiro atoms. The summed E-state index contributed by atoms with van der Waals surface area (Å²) in [6.45, 7) is 9.39. The first-order valence-corrected chi connectivity index (χ1v) is 7.95. The van der Waals surface area contributed by atoms with Crippen molar-refractivity contribution in [2.24, 2.45) is 0 Å². The van der Waals surface area contributed by atoms with Crippen LogP contribution < -0.4 is 0 Å². The Labute approximate surface area is 104 Å². The van der Waals surface area contributed by atoms with Crippen LogP contribution in [0.1, 0.15) is 27.7 Å². The molecule has 0 N–H and O–H groups in total. The zero-order chi connectivity index (χ0) is 11.1. The van der Waals surface area contributed by atoms with Gasteiger partial charge >= 0.3 is 105 Å². The molecule has 0 radical (unpaired) electrons. The van der Waals surface area contributed by atoms with Gasteiger partial charge in [-0.15, -0.1) is 0 Å². The normalized spacial score (nSPS) is 38.1. The zero-order valence-corrected chi connectivity index (χ0v) is 12.4. The van der Waals surface area contributed by atoms with Crippen molar-refractivity contribution in [3.8, 4) is 0 Å². The van der Waals surface area contributed by atoms with Gasteiger partial charge in [-0.2, -0.15) is 0 Å². The molecule has 0 bridgehead atoms. The summed E-state index contributed by atoms with van der Waals surface area (Å²) in [5.41, 5.74) is 3.12. The molecule has 0 saturated heterocycles. The topological polar surface area (TPSA) is 0 Å². The molecular formula is C14H18Zr. The monoisotopic (exact) mass is 276 g/mol. The van der Waals surface area contributed by atoms with Crippen LogP contribution >= 0.6 is 0 Å². The maximum atomic E-state index is 2.42. The third kappa shape index (κ3) is 1.91. The number of allylic oxidation sites excluding steroid dienone is 8. The Morgan fingerprint density at radius 3 is 1.53 bits per heavy atom. The fourth-order valence-electron chi connectivity index (χ4n) is 2.20. The molecule has 0 heterocycles. The second kappa shape index (κ2) is 3.70. The van der Waals surface area contributed by atoms with E-state index in [0.29, 0.717) is 6.25 Å². The molecule has 2 unspecified atom stereocenters. The van der Waals surface area contributed by atoms with Crippen LogP contribution in [0.15, 0.2) is 47.6 Å². The third-order valence-corrected chi connectivity index (χ3v) is 9.02. The molecule has 78 valence electrons. The summed E-state index contributed by atoms with van der Waals surface area (Å²) >= 11 is -0.550. The first kappa shape index (κ1) is 11.3. The van der Waals surface area contributed by atoms with Crippen LogP contribution in [-0.4, -0.2) is 0 Å². The van der Waals surface area contributed by atoms with E-state index in [0.717, 1.165) is 0 Å². The minimum absolute atomic E-state index is 0.419. The maximum absolute atomic E-state index is 2.42. The number of hydrogen-bond donors (Lipinski definition) is 0. The van der Waals surface area contributed by atoms with Gasteiger partial charge in [0, 0.05) is 0 Å². The van der Waals surface area contributed by atoms with E-state index in [1.165, 1.54) is 0 Å². The summed E-state index contributed by atoms with van der Waals surface area (Å²) in [6.07, 6.45) is 13.9. The Morgan fingerprint density at radius 1 is 0.867 bits per heavy atom. The second-order valence-electron chi connectivity index (χ2n) is 4.95. The van der Waals surface area contributed by atoms with Crippen molar-refractivity contribution >= 4 is 0 Å². The molecule has 0 aromatic carbocycles. The van der Waals surface area contributed by atoms with Gasteiger partial charge in [0.05, 0.1) is 0 Å². The van der Waals surface area contributed by atoms with Crippen LogP contribution in [0, 0.1) is 0 Å². The Bertz CT molecular complexity index is 360. The van der Waals surface area contributed by atoms with Crippen molar-refractivity contribution in [2.45, 2.75) is 33.9 Å². The summed E-state index contributed by atoms with van der Waals surface area (Å²) < 4.78 is 0.837. The molecule has 0 amide bonds. The van der Waals surface area contributed by atoms with Gasteiger partial charge in [-0.1, -0.05) is 0 Å². The number of hydrogen-bond acceptors (Lipinski definition) is 0. The Balaban J connectivity index is 2.23. The van der Waals surface area contributed by atoms with E-state index in [1.807, 2.05) is 0 Å². The van der Waals surface area contributed by atoms with E-state index in [4.69, 9.17) is 0 Å². The average molecular weight is 278 g/mol. The Kier molecular flexibility index (Phi) is 2.80.